The third-order valence-corrected chi connectivity index (χ3v) is 6.54. The third-order valence-electron chi connectivity index (χ3n) is 6.54. The van der Waals surface area contributed by atoms with Crippen molar-refractivity contribution >= 4 is 23.9 Å². The lowest BCUT2D eigenvalue weighted by atomic mass is 10.2. The molecule has 1 fully saturated rings. The average Bonchev–Trinajstić information content (AvgIpc) is 2.80. The Morgan fingerprint density at radius 2 is 0.682 bits per heavy atom. The van der Waals surface area contributed by atoms with E-state index >= 15 is 0 Å². The molecule has 0 radical (unpaired) electrons. The Morgan fingerprint density at radius 3 is 0.886 bits per heavy atom. The van der Waals surface area contributed by atoms with Crippen molar-refractivity contribution in [2.75, 3.05) is 78.5 Å². The normalized spacial score (nSPS) is 18.8. The summed E-state index contributed by atoms with van der Waals surface area (Å²) in [7, 11) is 0. The summed E-state index contributed by atoms with van der Waals surface area (Å²) in [6, 6.07) is 0. The van der Waals surface area contributed by atoms with Crippen LogP contribution in [-0.2, 0) is 33.4 Å². The number of hydrogen-bond donors (Lipinski definition) is 1. The summed E-state index contributed by atoms with van der Waals surface area (Å²) in [5, 5.41) is 9.50. The van der Waals surface area contributed by atoms with Gasteiger partial charge in [-0.2, -0.15) is 0 Å². The van der Waals surface area contributed by atoms with Gasteiger partial charge in [-0.3, -0.25) is 38.8 Å². The first-order chi connectivity index (χ1) is 20.2. The molecule has 0 unspecified atom stereocenters. The van der Waals surface area contributed by atoms with E-state index in [4.69, 9.17) is 14.2 Å². The second-order valence-corrected chi connectivity index (χ2v) is 14.7. The Hall–Kier alpha value is -2.28. The first kappa shape index (κ1) is 39.7. The highest BCUT2D eigenvalue weighted by Crippen LogP contribution is 2.12. The Balaban J connectivity index is 3.09. The molecule has 0 aromatic carbocycles. The number of esters is 3. The van der Waals surface area contributed by atoms with Crippen molar-refractivity contribution in [3.8, 4) is 0 Å². The topological polar surface area (TPSA) is 129 Å². The first-order valence-corrected chi connectivity index (χ1v) is 16.0. The van der Waals surface area contributed by atoms with Crippen LogP contribution >= 0.6 is 0 Å². The van der Waals surface area contributed by atoms with Gasteiger partial charge in [0.1, 0.15) is 16.8 Å². The lowest BCUT2D eigenvalue weighted by Gasteiger charge is -2.30. The zero-order chi connectivity index (χ0) is 33.6. The molecule has 0 amide bonds. The van der Waals surface area contributed by atoms with Gasteiger partial charge in [0, 0.05) is 26.2 Å². The Labute approximate surface area is 265 Å². The SMILES string of the molecule is CC(C)(C)OC(=O)CN1CCCCN(CC(=O)OC(C)(C)C)CCN(CC(=O)OC(C)(C)C)CCCCN(CC(=O)O)CC1. The van der Waals surface area contributed by atoms with E-state index in [0.29, 0.717) is 52.4 Å². The van der Waals surface area contributed by atoms with Gasteiger partial charge in [0.25, 0.3) is 0 Å². The summed E-state index contributed by atoms with van der Waals surface area (Å²) < 4.78 is 16.7. The molecule has 1 heterocycles. The fraction of sp³-hybridized carbons (Fsp3) is 0.875. The van der Waals surface area contributed by atoms with Crippen LogP contribution in [0, 0.1) is 0 Å². The van der Waals surface area contributed by atoms with Crippen LogP contribution < -0.4 is 0 Å². The number of carboxylic acids is 1. The molecule has 0 aliphatic carbocycles. The molecule has 0 atom stereocenters. The lowest BCUT2D eigenvalue weighted by Crippen LogP contribution is -2.44. The zero-order valence-electron chi connectivity index (χ0n) is 28.9. The highest BCUT2D eigenvalue weighted by atomic mass is 16.6. The van der Waals surface area contributed by atoms with E-state index in [1.54, 1.807) is 0 Å². The third kappa shape index (κ3) is 21.4. The number of hydrogen-bond acceptors (Lipinski definition) is 11. The quantitative estimate of drug-likeness (QED) is 0.313. The Bertz CT molecular complexity index is 907. The van der Waals surface area contributed by atoms with E-state index in [1.807, 2.05) is 77.0 Å². The molecular weight excluding hydrogens is 568 g/mol. The summed E-state index contributed by atoms with van der Waals surface area (Å²) in [5.74, 6) is -1.80. The fourth-order valence-corrected chi connectivity index (χ4v) is 4.85. The molecule has 0 saturated carbocycles. The molecule has 0 aromatic rings. The summed E-state index contributed by atoms with van der Waals surface area (Å²) >= 11 is 0. The predicted octanol–water partition coefficient (Wildman–Crippen LogP) is 2.88. The number of carbonyl (C=O) groups excluding carboxylic acids is 3. The monoisotopic (exact) mass is 628 g/mol. The van der Waals surface area contributed by atoms with Crippen LogP contribution in [0.4, 0.5) is 0 Å². The Kier molecular flexibility index (Phi) is 16.8. The summed E-state index contributed by atoms with van der Waals surface area (Å²) in [5.41, 5.74) is -1.77. The molecule has 12 nitrogen and oxygen atoms in total. The second kappa shape index (κ2) is 18.6. The number of rotatable bonds is 8. The molecule has 1 aliphatic rings. The first-order valence-electron chi connectivity index (χ1n) is 16.0. The van der Waals surface area contributed by atoms with Crippen LogP contribution in [0.3, 0.4) is 0 Å². The van der Waals surface area contributed by atoms with Gasteiger partial charge in [-0.1, -0.05) is 0 Å². The minimum absolute atomic E-state index is 0.0818. The van der Waals surface area contributed by atoms with E-state index < -0.39 is 22.8 Å². The van der Waals surface area contributed by atoms with Crippen molar-refractivity contribution in [3.05, 3.63) is 0 Å². The van der Waals surface area contributed by atoms with Gasteiger partial charge in [-0.25, -0.2) is 0 Å². The standard InChI is InChI=1S/C32H60N4O8/c1-30(2,3)42-27(39)23-34-16-12-13-17-36(25-29(41)44-32(7,8)9)21-20-35(24-28(40)43-31(4,5)6)15-11-10-14-33(18-19-34)22-26(37)38/h10-25H2,1-9H3,(H,37,38). The van der Waals surface area contributed by atoms with E-state index in [-0.39, 0.29) is 44.1 Å². The maximum Gasteiger partial charge on any atom is 0.320 e. The lowest BCUT2D eigenvalue weighted by molar-refractivity contribution is -0.158. The van der Waals surface area contributed by atoms with Crippen LogP contribution in [0.2, 0.25) is 0 Å². The van der Waals surface area contributed by atoms with Crippen LogP contribution in [-0.4, -0.2) is 144 Å². The minimum atomic E-state index is -0.894. The fourth-order valence-electron chi connectivity index (χ4n) is 4.85. The average molecular weight is 629 g/mol. The van der Waals surface area contributed by atoms with E-state index in [2.05, 4.69) is 4.90 Å². The van der Waals surface area contributed by atoms with Crippen molar-refractivity contribution in [2.45, 2.75) is 105 Å². The summed E-state index contributed by atoms with van der Waals surface area (Å²) in [4.78, 5) is 57.7. The second-order valence-electron chi connectivity index (χ2n) is 14.7. The molecule has 256 valence electrons. The molecule has 1 aliphatic heterocycles. The van der Waals surface area contributed by atoms with Gasteiger partial charge in [-0.05, 0) is 114 Å². The van der Waals surface area contributed by atoms with Crippen LogP contribution in [0.15, 0.2) is 0 Å². The van der Waals surface area contributed by atoms with Crippen LogP contribution in [0.1, 0.15) is 88.0 Å². The Morgan fingerprint density at radius 1 is 0.455 bits per heavy atom. The zero-order valence-corrected chi connectivity index (χ0v) is 28.9. The van der Waals surface area contributed by atoms with Gasteiger partial charge in [-0.15, -0.1) is 0 Å². The number of nitrogens with zero attached hydrogens (tertiary/aromatic N) is 4. The maximum absolute atomic E-state index is 12.7. The van der Waals surface area contributed by atoms with Gasteiger partial charge < -0.3 is 19.3 Å². The molecule has 0 aromatic heterocycles. The van der Waals surface area contributed by atoms with Gasteiger partial charge >= 0.3 is 23.9 Å². The smallest absolute Gasteiger partial charge is 0.320 e. The highest BCUT2D eigenvalue weighted by Gasteiger charge is 2.24. The summed E-state index contributed by atoms with van der Waals surface area (Å²) in [6.45, 7) is 21.5. The van der Waals surface area contributed by atoms with Crippen LogP contribution in [0.5, 0.6) is 0 Å². The van der Waals surface area contributed by atoms with Gasteiger partial charge in [0.2, 0.25) is 0 Å². The molecule has 1 rings (SSSR count). The molecule has 0 spiro atoms. The molecular formula is C32H60N4O8. The molecule has 1 saturated heterocycles. The highest BCUT2D eigenvalue weighted by molar-refractivity contribution is 5.73. The van der Waals surface area contributed by atoms with Gasteiger partial charge in [0.05, 0.1) is 26.2 Å². The molecule has 0 bridgehead atoms. The predicted molar refractivity (Wildman–Crippen MR) is 169 cm³/mol. The van der Waals surface area contributed by atoms with Gasteiger partial charge in [0.15, 0.2) is 0 Å². The number of aliphatic carboxylic acids is 1. The largest absolute Gasteiger partial charge is 0.480 e. The summed E-state index contributed by atoms with van der Waals surface area (Å²) in [6.07, 6.45) is 3.05. The van der Waals surface area contributed by atoms with Crippen molar-refractivity contribution in [3.63, 3.8) is 0 Å². The van der Waals surface area contributed by atoms with Crippen LogP contribution in [0.25, 0.3) is 0 Å². The number of ether oxygens (including phenoxy) is 3. The minimum Gasteiger partial charge on any atom is -0.480 e. The van der Waals surface area contributed by atoms with E-state index in [0.717, 1.165) is 25.7 Å². The molecule has 44 heavy (non-hydrogen) atoms. The van der Waals surface area contributed by atoms with Crippen molar-refractivity contribution in [1.29, 1.82) is 0 Å². The maximum atomic E-state index is 12.7. The molecule has 1 N–H and O–H groups in total. The van der Waals surface area contributed by atoms with E-state index in [9.17, 15) is 24.3 Å². The van der Waals surface area contributed by atoms with Crippen molar-refractivity contribution in [1.82, 2.24) is 19.6 Å². The molecule has 12 heteroatoms. The van der Waals surface area contributed by atoms with Crippen molar-refractivity contribution in [2.24, 2.45) is 0 Å². The van der Waals surface area contributed by atoms with E-state index in [1.165, 1.54) is 0 Å². The van der Waals surface area contributed by atoms with Crippen molar-refractivity contribution < 1.29 is 38.5 Å². The number of carbonyl (C=O) groups is 4. The number of carboxylic acid groups (broad SMARTS) is 1.